The van der Waals surface area contributed by atoms with E-state index < -0.39 is 0 Å². The second kappa shape index (κ2) is 7.33. The van der Waals surface area contributed by atoms with Crippen LogP contribution < -0.4 is 5.73 Å². The van der Waals surface area contributed by atoms with Crippen LogP contribution in [-0.4, -0.2) is 24.5 Å². The molecule has 0 aromatic heterocycles. The highest BCUT2D eigenvalue weighted by atomic mass is 15.1. The van der Waals surface area contributed by atoms with E-state index in [1.54, 1.807) is 0 Å². The number of hydrogen-bond donors (Lipinski definition) is 1. The first-order chi connectivity index (χ1) is 8.13. The van der Waals surface area contributed by atoms with Crippen molar-refractivity contribution in [3.63, 3.8) is 0 Å². The molecule has 1 aromatic carbocycles. The first-order valence-corrected chi connectivity index (χ1v) is 6.68. The Morgan fingerprint density at radius 3 is 2.47 bits per heavy atom. The van der Waals surface area contributed by atoms with Crippen LogP contribution in [0, 0.1) is 0 Å². The minimum absolute atomic E-state index is 0.700. The van der Waals surface area contributed by atoms with Gasteiger partial charge in [-0.2, -0.15) is 0 Å². The van der Waals surface area contributed by atoms with E-state index in [9.17, 15) is 0 Å². The van der Waals surface area contributed by atoms with Gasteiger partial charge in [-0.15, -0.1) is 0 Å². The lowest BCUT2D eigenvalue weighted by atomic mass is 10.1. The maximum Gasteiger partial charge on any atom is 0.0314 e. The van der Waals surface area contributed by atoms with Crippen molar-refractivity contribution in [2.45, 2.75) is 45.6 Å². The second-order valence-electron chi connectivity index (χ2n) is 4.96. The molecule has 1 rings (SSSR count). The molecule has 1 unspecified atom stereocenters. The lowest BCUT2D eigenvalue weighted by Gasteiger charge is -2.24. The maximum atomic E-state index is 5.67. The van der Waals surface area contributed by atoms with Gasteiger partial charge in [-0.05, 0) is 57.5 Å². The minimum atomic E-state index is 0.700. The topological polar surface area (TPSA) is 29.3 Å². The summed E-state index contributed by atoms with van der Waals surface area (Å²) in [5, 5.41) is 0. The lowest BCUT2D eigenvalue weighted by molar-refractivity contribution is 0.242. The van der Waals surface area contributed by atoms with Gasteiger partial charge in [-0.1, -0.05) is 25.5 Å². The first-order valence-electron chi connectivity index (χ1n) is 6.68. The van der Waals surface area contributed by atoms with E-state index in [1.807, 2.05) is 12.1 Å². The van der Waals surface area contributed by atoms with Crippen molar-refractivity contribution >= 4 is 5.69 Å². The third kappa shape index (κ3) is 5.22. The van der Waals surface area contributed by atoms with Crippen LogP contribution in [0.2, 0.25) is 0 Å². The van der Waals surface area contributed by atoms with Gasteiger partial charge in [0, 0.05) is 11.7 Å². The quantitative estimate of drug-likeness (QED) is 0.733. The Kier molecular flexibility index (Phi) is 6.06. The molecule has 0 aliphatic heterocycles. The van der Waals surface area contributed by atoms with E-state index in [4.69, 9.17) is 5.73 Å². The van der Waals surface area contributed by atoms with Crippen LogP contribution in [0.15, 0.2) is 24.3 Å². The molecule has 96 valence electrons. The number of nitrogen functional groups attached to an aromatic ring is 1. The van der Waals surface area contributed by atoms with Crippen molar-refractivity contribution in [3.05, 3.63) is 29.8 Å². The van der Waals surface area contributed by atoms with E-state index in [0.717, 1.165) is 12.1 Å². The van der Waals surface area contributed by atoms with Gasteiger partial charge < -0.3 is 10.6 Å². The Morgan fingerprint density at radius 2 is 1.88 bits per heavy atom. The fraction of sp³-hybridized carbons (Fsp3) is 0.600. The van der Waals surface area contributed by atoms with E-state index in [-0.39, 0.29) is 0 Å². The van der Waals surface area contributed by atoms with E-state index in [2.05, 4.69) is 37.9 Å². The smallest absolute Gasteiger partial charge is 0.0314 e. The zero-order valence-corrected chi connectivity index (χ0v) is 11.4. The van der Waals surface area contributed by atoms with Crippen molar-refractivity contribution in [1.82, 2.24) is 4.90 Å². The largest absolute Gasteiger partial charge is 0.399 e. The highest BCUT2D eigenvalue weighted by Crippen LogP contribution is 2.09. The van der Waals surface area contributed by atoms with E-state index in [1.165, 1.54) is 31.4 Å². The predicted molar refractivity (Wildman–Crippen MR) is 76.2 cm³/mol. The molecular weight excluding hydrogens is 208 g/mol. The maximum absolute atomic E-state index is 5.67. The summed E-state index contributed by atoms with van der Waals surface area (Å²) in [4.78, 5) is 2.46. The standard InChI is InChI=1S/C15H26N2/c1-4-6-13(2)17(3)12-5-7-14-8-10-15(16)11-9-14/h8-11,13H,4-7,12,16H2,1-3H3. The molecule has 0 saturated carbocycles. The highest BCUT2D eigenvalue weighted by Gasteiger charge is 2.07. The molecule has 0 radical (unpaired) electrons. The van der Waals surface area contributed by atoms with Crippen molar-refractivity contribution < 1.29 is 0 Å². The van der Waals surface area contributed by atoms with Gasteiger partial charge in [0.05, 0.1) is 0 Å². The molecule has 0 amide bonds. The number of anilines is 1. The normalized spacial score (nSPS) is 12.9. The molecule has 2 heteroatoms. The predicted octanol–water partition coefficient (Wildman–Crippen LogP) is 3.32. The van der Waals surface area contributed by atoms with Crippen LogP contribution >= 0.6 is 0 Å². The molecule has 0 bridgehead atoms. The molecule has 0 aliphatic rings. The Balaban J connectivity index is 2.25. The van der Waals surface area contributed by atoms with Crippen LogP contribution in [0.5, 0.6) is 0 Å². The number of aryl methyl sites for hydroxylation is 1. The Labute approximate surface area is 106 Å². The average molecular weight is 234 g/mol. The summed E-state index contributed by atoms with van der Waals surface area (Å²) in [7, 11) is 2.23. The summed E-state index contributed by atoms with van der Waals surface area (Å²) in [6.07, 6.45) is 4.92. The second-order valence-corrected chi connectivity index (χ2v) is 4.96. The van der Waals surface area contributed by atoms with Gasteiger partial charge in [-0.25, -0.2) is 0 Å². The molecule has 0 saturated heterocycles. The Hall–Kier alpha value is -1.02. The van der Waals surface area contributed by atoms with Crippen molar-refractivity contribution in [2.24, 2.45) is 0 Å². The summed E-state index contributed by atoms with van der Waals surface area (Å²) < 4.78 is 0. The van der Waals surface area contributed by atoms with Crippen LogP contribution in [0.1, 0.15) is 38.7 Å². The lowest BCUT2D eigenvalue weighted by Crippen LogP contribution is -2.30. The monoisotopic (exact) mass is 234 g/mol. The molecule has 0 fully saturated rings. The van der Waals surface area contributed by atoms with Gasteiger partial charge >= 0.3 is 0 Å². The van der Waals surface area contributed by atoms with Crippen molar-refractivity contribution in [2.75, 3.05) is 19.3 Å². The van der Waals surface area contributed by atoms with Crippen LogP contribution in [0.4, 0.5) is 5.69 Å². The molecule has 0 spiro atoms. The van der Waals surface area contributed by atoms with Gasteiger partial charge in [0.15, 0.2) is 0 Å². The van der Waals surface area contributed by atoms with Crippen LogP contribution in [0.3, 0.4) is 0 Å². The highest BCUT2D eigenvalue weighted by molar-refractivity contribution is 5.39. The summed E-state index contributed by atoms with van der Waals surface area (Å²) in [5.74, 6) is 0. The van der Waals surface area contributed by atoms with Gasteiger partial charge in [0.25, 0.3) is 0 Å². The summed E-state index contributed by atoms with van der Waals surface area (Å²) in [6.45, 7) is 5.73. The molecule has 0 aliphatic carbocycles. The number of nitrogens with zero attached hydrogens (tertiary/aromatic N) is 1. The molecule has 2 N–H and O–H groups in total. The fourth-order valence-electron chi connectivity index (χ4n) is 2.08. The average Bonchev–Trinajstić information content (AvgIpc) is 2.32. The zero-order valence-electron chi connectivity index (χ0n) is 11.4. The first kappa shape index (κ1) is 14.0. The number of benzene rings is 1. The number of nitrogens with two attached hydrogens (primary N) is 1. The van der Waals surface area contributed by atoms with Crippen LogP contribution in [-0.2, 0) is 6.42 Å². The van der Waals surface area contributed by atoms with Gasteiger partial charge in [-0.3, -0.25) is 0 Å². The molecule has 1 aromatic rings. The number of hydrogen-bond acceptors (Lipinski definition) is 2. The van der Waals surface area contributed by atoms with E-state index in [0.29, 0.717) is 6.04 Å². The summed E-state index contributed by atoms with van der Waals surface area (Å²) in [6, 6.07) is 8.93. The molecule has 1 atom stereocenters. The van der Waals surface area contributed by atoms with Crippen molar-refractivity contribution in [3.8, 4) is 0 Å². The van der Waals surface area contributed by atoms with E-state index >= 15 is 0 Å². The SMILES string of the molecule is CCCC(C)N(C)CCCc1ccc(N)cc1. The molecule has 0 heterocycles. The van der Waals surface area contributed by atoms with Crippen molar-refractivity contribution in [1.29, 1.82) is 0 Å². The third-order valence-corrected chi connectivity index (χ3v) is 3.41. The van der Waals surface area contributed by atoms with Gasteiger partial charge in [0.2, 0.25) is 0 Å². The summed E-state index contributed by atoms with van der Waals surface area (Å²) >= 11 is 0. The zero-order chi connectivity index (χ0) is 12.7. The summed E-state index contributed by atoms with van der Waals surface area (Å²) in [5.41, 5.74) is 7.90. The molecular formula is C15H26N2. The minimum Gasteiger partial charge on any atom is -0.399 e. The van der Waals surface area contributed by atoms with Crippen LogP contribution in [0.25, 0.3) is 0 Å². The fourth-order valence-corrected chi connectivity index (χ4v) is 2.08. The molecule has 17 heavy (non-hydrogen) atoms. The Morgan fingerprint density at radius 1 is 1.24 bits per heavy atom. The molecule has 2 nitrogen and oxygen atoms in total. The van der Waals surface area contributed by atoms with Gasteiger partial charge in [0.1, 0.15) is 0 Å². The number of rotatable bonds is 7. The third-order valence-electron chi connectivity index (χ3n) is 3.41. The Bertz CT molecular complexity index is 305.